The molecular weight excluding hydrogens is 376 g/mol. The lowest BCUT2D eigenvalue weighted by Crippen LogP contribution is -2.45. The minimum atomic E-state index is -2.66. The molecule has 0 atom stereocenters. The van der Waals surface area contributed by atoms with Gasteiger partial charge in [0.05, 0.1) is 0 Å². The van der Waals surface area contributed by atoms with Crippen molar-refractivity contribution >= 4 is 20.5 Å². The summed E-state index contributed by atoms with van der Waals surface area (Å²) in [4.78, 5) is 18.8. The van der Waals surface area contributed by atoms with Gasteiger partial charge in [-0.25, -0.2) is 9.78 Å². The Kier molecular flexibility index (Phi) is 8.65. The van der Waals surface area contributed by atoms with Gasteiger partial charge in [0.1, 0.15) is 5.82 Å². The molecule has 0 aliphatic rings. The number of urea groups is 1. The normalized spacial score (nSPS) is 11.4. The fourth-order valence-electron chi connectivity index (χ4n) is 2.98. The van der Waals surface area contributed by atoms with E-state index < -0.39 is 8.80 Å². The van der Waals surface area contributed by atoms with Crippen LogP contribution in [-0.2, 0) is 19.8 Å². The average molecular weight is 407 g/mol. The molecule has 1 heterocycles. The number of benzene rings is 1. The van der Waals surface area contributed by atoms with Gasteiger partial charge >= 0.3 is 14.8 Å². The van der Waals surface area contributed by atoms with Gasteiger partial charge in [0, 0.05) is 65.1 Å². The Morgan fingerprint density at radius 3 is 2.43 bits per heavy atom. The highest BCUT2D eigenvalue weighted by atomic mass is 28.4. The first-order valence-corrected chi connectivity index (χ1v) is 11.2. The molecule has 28 heavy (non-hydrogen) atoms. The van der Waals surface area contributed by atoms with Crippen molar-refractivity contribution in [1.29, 1.82) is 0 Å². The number of imidazole rings is 1. The number of amides is 2. The van der Waals surface area contributed by atoms with Gasteiger partial charge in [-0.15, -0.1) is 0 Å². The van der Waals surface area contributed by atoms with Crippen molar-refractivity contribution in [2.24, 2.45) is 0 Å². The molecule has 2 amide bonds. The fourth-order valence-corrected chi connectivity index (χ4v) is 4.69. The van der Waals surface area contributed by atoms with Crippen molar-refractivity contribution in [1.82, 2.24) is 14.9 Å². The highest BCUT2D eigenvalue weighted by Crippen LogP contribution is 2.19. The molecule has 1 N–H and O–H groups in total. The highest BCUT2D eigenvalue weighted by molar-refractivity contribution is 6.60. The predicted molar refractivity (Wildman–Crippen MR) is 110 cm³/mol. The molecular formula is C19H30N4O4Si. The minimum absolute atomic E-state index is 0.136. The van der Waals surface area contributed by atoms with E-state index in [0.717, 1.165) is 11.5 Å². The van der Waals surface area contributed by atoms with Crippen LogP contribution in [0, 0.1) is 6.92 Å². The first kappa shape index (κ1) is 22.1. The van der Waals surface area contributed by atoms with Crippen LogP contribution in [0.2, 0.25) is 6.04 Å². The largest absolute Gasteiger partial charge is 0.500 e. The van der Waals surface area contributed by atoms with Crippen LogP contribution in [0.25, 0.3) is 0 Å². The van der Waals surface area contributed by atoms with Crippen LogP contribution in [0.4, 0.5) is 10.5 Å². The molecule has 0 saturated heterocycles. The number of aromatic nitrogens is 2. The molecule has 2 rings (SSSR count). The summed E-state index contributed by atoms with van der Waals surface area (Å²) >= 11 is 0. The first-order valence-electron chi connectivity index (χ1n) is 9.29. The van der Waals surface area contributed by atoms with Gasteiger partial charge < -0.3 is 23.2 Å². The third-order valence-electron chi connectivity index (χ3n) is 4.66. The number of anilines is 1. The van der Waals surface area contributed by atoms with E-state index >= 15 is 0 Å². The summed E-state index contributed by atoms with van der Waals surface area (Å²) in [5.41, 5.74) is 0.846. The van der Waals surface area contributed by atoms with Crippen LogP contribution in [-0.4, -0.2) is 58.8 Å². The zero-order valence-corrected chi connectivity index (χ0v) is 18.1. The Morgan fingerprint density at radius 2 is 1.86 bits per heavy atom. The van der Waals surface area contributed by atoms with Crippen molar-refractivity contribution in [2.75, 3.05) is 39.3 Å². The maximum absolute atomic E-state index is 12.8. The Labute approximate surface area is 167 Å². The summed E-state index contributed by atoms with van der Waals surface area (Å²) in [6.45, 7) is 3.67. The summed E-state index contributed by atoms with van der Waals surface area (Å²) < 4.78 is 18.4. The van der Waals surface area contributed by atoms with Crippen LogP contribution >= 0.6 is 0 Å². The highest BCUT2D eigenvalue weighted by Gasteiger charge is 2.37. The van der Waals surface area contributed by atoms with Crippen molar-refractivity contribution in [3.8, 4) is 0 Å². The lowest BCUT2D eigenvalue weighted by atomic mass is 10.3. The van der Waals surface area contributed by atoms with E-state index in [-0.39, 0.29) is 6.03 Å². The number of aryl methyl sites for hydroxylation is 1. The van der Waals surface area contributed by atoms with Gasteiger partial charge in [0.2, 0.25) is 0 Å². The number of nitrogens with one attached hydrogen (secondary N) is 1. The third kappa shape index (κ3) is 5.90. The molecule has 0 radical (unpaired) electrons. The molecule has 0 unspecified atom stereocenters. The molecule has 8 nitrogen and oxygen atoms in total. The number of para-hydroxylation sites is 1. The van der Waals surface area contributed by atoms with E-state index in [1.54, 1.807) is 32.4 Å². The van der Waals surface area contributed by atoms with E-state index in [4.69, 9.17) is 13.3 Å². The molecule has 0 aliphatic carbocycles. The third-order valence-corrected chi connectivity index (χ3v) is 7.50. The Hall–Kier alpha value is -2.20. The van der Waals surface area contributed by atoms with Gasteiger partial charge in [0.15, 0.2) is 0 Å². The summed E-state index contributed by atoms with van der Waals surface area (Å²) in [6, 6.07) is 10.1. The zero-order chi connectivity index (χ0) is 20.4. The molecule has 2 aromatic rings. The Bertz CT molecular complexity index is 713. The Morgan fingerprint density at radius 1 is 1.18 bits per heavy atom. The predicted octanol–water partition coefficient (Wildman–Crippen LogP) is 2.68. The smallest absolute Gasteiger partial charge is 0.377 e. The van der Waals surface area contributed by atoms with E-state index in [1.165, 1.54) is 0 Å². The van der Waals surface area contributed by atoms with E-state index in [9.17, 15) is 4.79 Å². The zero-order valence-electron chi connectivity index (χ0n) is 17.1. The minimum Gasteiger partial charge on any atom is -0.377 e. The molecule has 154 valence electrons. The van der Waals surface area contributed by atoms with Crippen LogP contribution in [0.15, 0.2) is 42.7 Å². The fraction of sp³-hybridized carbons (Fsp3) is 0.474. The summed E-state index contributed by atoms with van der Waals surface area (Å²) in [5.74, 6) is 0.925. The molecule has 9 heteroatoms. The SMILES string of the molecule is CO[Si](CCCN(C(=O)NCCn1ccnc1C)c1ccccc1)(OC)OC. The average Bonchev–Trinajstić information content (AvgIpc) is 3.14. The van der Waals surface area contributed by atoms with Crippen molar-refractivity contribution in [3.63, 3.8) is 0 Å². The monoisotopic (exact) mass is 406 g/mol. The van der Waals surface area contributed by atoms with E-state index in [0.29, 0.717) is 32.1 Å². The number of carbonyl (C=O) groups is 1. The van der Waals surface area contributed by atoms with Crippen molar-refractivity contribution < 1.29 is 18.1 Å². The van der Waals surface area contributed by atoms with Crippen LogP contribution in [0.5, 0.6) is 0 Å². The molecule has 1 aromatic carbocycles. The topological polar surface area (TPSA) is 77.9 Å². The Balaban J connectivity index is 1.97. The van der Waals surface area contributed by atoms with E-state index in [2.05, 4.69) is 10.3 Å². The second-order valence-electron chi connectivity index (χ2n) is 6.29. The van der Waals surface area contributed by atoms with Crippen molar-refractivity contribution in [2.45, 2.75) is 25.9 Å². The maximum atomic E-state index is 12.8. The lowest BCUT2D eigenvalue weighted by molar-refractivity contribution is 0.123. The molecule has 0 aliphatic heterocycles. The molecule has 0 spiro atoms. The van der Waals surface area contributed by atoms with Crippen LogP contribution in [0.1, 0.15) is 12.2 Å². The molecule has 0 fully saturated rings. The molecule has 0 bridgehead atoms. The number of nitrogens with zero attached hydrogens (tertiary/aromatic N) is 3. The van der Waals surface area contributed by atoms with Gasteiger partial charge in [-0.2, -0.15) is 0 Å². The number of rotatable bonds is 11. The molecule has 1 aromatic heterocycles. The number of hydrogen-bond donors (Lipinski definition) is 1. The van der Waals surface area contributed by atoms with E-state index in [1.807, 2.05) is 48.0 Å². The van der Waals surface area contributed by atoms with Crippen molar-refractivity contribution in [3.05, 3.63) is 48.5 Å². The van der Waals surface area contributed by atoms with Crippen LogP contribution < -0.4 is 10.2 Å². The van der Waals surface area contributed by atoms with Gasteiger partial charge in [-0.1, -0.05) is 18.2 Å². The van der Waals surface area contributed by atoms with Gasteiger partial charge in [-0.3, -0.25) is 4.90 Å². The number of carbonyl (C=O) groups excluding carboxylic acids is 1. The quantitative estimate of drug-likeness (QED) is 0.581. The van der Waals surface area contributed by atoms with Gasteiger partial charge in [0.25, 0.3) is 0 Å². The summed E-state index contributed by atoms with van der Waals surface area (Å²) in [5, 5.41) is 2.99. The first-order chi connectivity index (χ1) is 13.5. The van der Waals surface area contributed by atoms with Gasteiger partial charge in [-0.05, 0) is 25.5 Å². The standard InChI is InChI=1S/C19H30N4O4Si/c1-17-20-11-14-22(17)15-12-21-19(24)23(18-9-6-5-7-10-18)13-8-16-28(25-2,26-3)27-4/h5-7,9-11,14H,8,12-13,15-16H2,1-4H3,(H,21,24). The summed E-state index contributed by atoms with van der Waals surface area (Å²) in [6.07, 6.45) is 4.36. The summed E-state index contributed by atoms with van der Waals surface area (Å²) in [7, 11) is 2.13. The maximum Gasteiger partial charge on any atom is 0.500 e. The second-order valence-corrected chi connectivity index (χ2v) is 9.38. The lowest BCUT2D eigenvalue weighted by Gasteiger charge is -2.27. The van der Waals surface area contributed by atoms with Crippen LogP contribution in [0.3, 0.4) is 0 Å². The second kappa shape index (κ2) is 11.0. The number of hydrogen-bond acceptors (Lipinski definition) is 5. The molecule has 0 saturated carbocycles.